The Balaban J connectivity index is 1.84. The Morgan fingerprint density at radius 3 is 2.08 bits per heavy atom. The van der Waals surface area contributed by atoms with Crippen LogP contribution in [0.2, 0.25) is 0 Å². The number of nitrogens with zero attached hydrogens (tertiary/aromatic N) is 2. The summed E-state index contributed by atoms with van der Waals surface area (Å²) in [5.41, 5.74) is 4.99. The summed E-state index contributed by atoms with van der Waals surface area (Å²) in [4.78, 5) is 2.19. The highest BCUT2D eigenvalue weighted by Crippen LogP contribution is 2.10. The van der Waals surface area contributed by atoms with Gasteiger partial charge in [0, 0.05) is 13.1 Å². The Morgan fingerprint density at radius 2 is 1.50 bits per heavy atom. The summed E-state index contributed by atoms with van der Waals surface area (Å²) in [6, 6.07) is 19.6. The molecule has 0 atom stereocenters. The maximum absolute atomic E-state index is 12.0. The molecule has 130 valence electrons. The zero-order chi connectivity index (χ0) is 17.4. The van der Waals surface area contributed by atoms with Crippen molar-refractivity contribution >= 4 is 15.7 Å². The van der Waals surface area contributed by atoms with Crippen LogP contribution in [0.1, 0.15) is 12.0 Å². The number of sulfonamides is 1. The molecule has 0 spiro atoms. The summed E-state index contributed by atoms with van der Waals surface area (Å²) < 4.78 is 25.2. The lowest BCUT2D eigenvalue weighted by atomic mass is 10.2. The Hall–Kier alpha value is -1.89. The van der Waals surface area contributed by atoms with Crippen molar-refractivity contribution in [3.05, 3.63) is 66.2 Å². The van der Waals surface area contributed by atoms with Crippen molar-refractivity contribution < 1.29 is 8.42 Å². The van der Waals surface area contributed by atoms with Crippen molar-refractivity contribution in [1.29, 1.82) is 0 Å². The molecule has 0 aliphatic carbocycles. The molecule has 0 aliphatic rings. The predicted molar refractivity (Wildman–Crippen MR) is 99.0 cm³/mol. The van der Waals surface area contributed by atoms with Crippen molar-refractivity contribution in [3.8, 4) is 0 Å². The van der Waals surface area contributed by atoms with Crippen LogP contribution in [-0.4, -0.2) is 44.1 Å². The summed E-state index contributed by atoms with van der Waals surface area (Å²) in [5.74, 6) is 0. The van der Waals surface area contributed by atoms with Gasteiger partial charge in [0.25, 0.3) is 0 Å². The molecule has 0 aromatic heterocycles. The largest absolute Gasteiger partial charge is 0.306 e. The highest BCUT2D eigenvalue weighted by atomic mass is 32.2. The van der Waals surface area contributed by atoms with E-state index in [-0.39, 0.29) is 0 Å². The Morgan fingerprint density at radius 1 is 0.917 bits per heavy atom. The molecule has 24 heavy (non-hydrogen) atoms. The number of benzene rings is 2. The third kappa shape index (κ3) is 6.31. The van der Waals surface area contributed by atoms with E-state index in [2.05, 4.69) is 22.5 Å². The highest BCUT2D eigenvalue weighted by Gasteiger charge is 2.16. The molecule has 0 saturated heterocycles. The minimum atomic E-state index is -3.32. The zero-order valence-electron chi connectivity index (χ0n) is 14.2. The molecule has 5 nitrogen and oxygen atoms in total. The van der Waals surface area contributed by atoms with Gasteiger partial charge in [-0.2, -0.15) is 0 Å². The van der Waals surface area contributed by atoms with E-state index in [1.165, 1.54) is 16.2 Å². The van der Waals surface area contributed by atoms with Gasteiger partial charge in [0.05, 0.1) is 11.9 Å². The summed E-state index contributed by atoms with van der Waals surface area (Å²) in [6.45, 7) is 2.09. The fourth-order valence-electron chi connectivity index (χ4n) is 2.42. The fraction of sp³-hybridized carbons (Fsp3) is 0.333. The molecular formula is C18H25N3O2S. The summed E-state index contributed by atoms with van der Waals surface area (Å²) in [6.07, 6.45) is 1.97. The van der Waals surface area contributed by atoms with Gasteiger partial charge in [-0.05, 0) is 37.7 Å². The zero-order valence-corrected chi connectivity index (χ0v) is 15.0. The van der Waals surface area contributed by atoms with Crippen molar-refractivity contribution in [2.45, 2.75) is 13.0 Å². The number of hydrogen-bond donors (Lipinski definition) is 1. The van der Waals surface area contributed by atoms with Gasteiger partial charge in [-0.25, -0.2) is 8.42 Å². The van der Waals surface area contributed by atoms with Crippen LogP contribution < -0.4 is 5.43 Å². The van der Waals surface area contributed by atoms with E-state index in [1.807, 2.05) is 55.6 Å². The molecular weight excluding hydrogens is 322 g/mol. The van der Waals surface area contributed by atoms with Crippen LogP contribution in [-0.2, 0) is 16.6 Å². The second-order valence-corrected chi connectivity index (χ2v) is 7.80. The SMILES string of the molecule is CN(CCCN(Nc1ccccc1)S(C)(=O)=O)Cc1ccccc1. The molecule has 0 bridgehead atoms. The number of hydrogen-bond acceptors (Lipinski definition) is 4. The molecule has 1 N–H and O–H groups in total. The van der Waals surface area contributed by atoms with Crippen LogP contribution in [0.25, 0.3) is 0 Å². The minimum absolute atomic E-state index is 0.423. The molecule has 0 radical (unpaired) electrons. The first kappa shape index (κ1) is 18.4. The van der Waals surface area contributed by atoms with Gasteiger partial charge in [0.1, 0.15) is 0 Å². The van der Waals surface area contributed by atoms with Gasteiger partial charge in [0.15, 0.2) is 0 Å². The standard InChI is InChI=1S/C18H25N3O2S/c1-20(16-17-10-5-3-6-11-17)14-9-15-21(24(2,22)23)19-18-12-7-4-8-13-18/h3-8,10-13,19H,9,14-16H2,1-2H3. The van der Waals surface area contributed by atoms with Gasteiger partial charge < -0.3 is 10.3 Å². The summed E-state index contributed by atoms with van der Waals surface area (Å²) in [7, 11) is -1.27. The second kappa shape index (κ2) is 8.82. The van der Waals surface area contributed by atoms with Crippen molar-refractivity contribution in [2.24, 2.45) is 0 Å². The Kier molecular flexibility index (Phi) is 6.78. The van der Waals surface area contributed by atoms with E-state index in [1.54, 1.807) is 0 Å². The smallest absolute Gasteiger partial charge is 0.227 e. The van der Waals surface area contributed by atoms with E-state index in [0.717, 1.165) is 25.2 Å². The number of rotatable bonds is 9. The second-order valence-electron chi connectivity index (χ2n) is 5.89. The van der Waals surface area contributed by atoms with E-state index >= 15 is 0 Å². The van der Waals surface area contributed by atoms with Crippen molar-refractivity contribution in [3.63, 3.8) is 0 Å². The molecule has 0 amide bonds. The van der Waals surface area contributed by atoms with Crippen LogP contribution in [0.4, 0.5) is 5.69 Å². The molecule has 0 unspecified atom stereocenters. The number of nitrogens with one attached hydrogen (secondary N) is 1. The Bertz CT molecular complexity index is 706. The molecule has 0 fully saturated rings. The molecule has 6 heteroatoms. The van der Waals surface area contributed by atoms with Crippen LogP contribution in [0.15, 0.2) is 60.7 Å². The van der Waals surface area contributed by atoms with E-state index in [9.17, 15) is 8.42 Å². The fourth-order valence-corrected chi connectivity index (χ4v) is 3.15. The monoisotopic (exact) mass is 347 g/mol. The van der Waals surface area contributed by atoms with E-state index in [0.29, 0.717) is 6.54 Å². The van der Waals surface area contributed by atoms with Crippen molar-refractivity contribution in [1.82, 2.24) is 9.31 Å². The number of hydrazine groups is 1. The average Bonchev–Trinajstić information content (AvgIpc) is 2.55. The third-order valence-corrected chi connectivity index (χ3v) is 4.70. The first-order valence-electron chi connectivity index (χ1n) is 7.97. The molecule has 2 aromatic carbocycles. The maximum atomic E-state index is 12.0. The Labute approximate surface area is 144 Å². The third-order valence-electron chi connectivity index (χ3n) is 3.62. The van der Waals surface area contributed by atoms with Crippen LogP contribution >= 0.6 is 0 Å². The topological polar surface area (TPSA) is 52.6 Å². The first-order valence-corrected chi connectivity index (χ1v) is 9.82. The molecule has 2 rings (SSSR count). The van der Waals surface area contributed by atoms with Gasteiger partial charge in [0.2, 0.25) is 10.0 Å². The number of anilines is 1. The quantitative estimate of drug-likeness (QED) is 0.709. The average molecular weight is 347 g/mol. The lowest BCUT2D eigenvalue weighted by Crippen LogP contribution is -2.37. The van der Waals surface area contributed by atoms with Gasteiger partial charge in [-0.15, -0.1) is 4.41 Å². The van der Waals surface area contributed by atoms with Gasteiger partial charge in [-0.3, -0.25) is 0 Å². The molecule has 2 aromatic rings. The summed E-state index contributed by atoms with van der Waals surface area (Å²) >= 11 is 0. The molecule has 0 saturated carbocycles. The predicted octanol–water partition coefficient (Wildman–Crippen LogP) is 2.80. The molecule has 0 aliphatic heterocycles. The van der Waals surface area contributed by atoms with Crippen molar-refractivity contribution in [2.75, 3.05) is 31.8 Å². The van der Waals surface area contributed by atoms with Crippen LogP contribution in [0.3, 0.4) is 0 Å². The number of para-hydroxylation sites is 1. The maximum Gasteiger partial charge on any atom is 0.227 e. The van der Waals surface area contributed by atoms with Gasteiger partial charge in [-0.1, -0.05) is 48.5 Å². The van der Waals surface area contributed by atoms with Crippen LogP contribution in [0.5, 0.6) is 0 Å². The van der Waals surface area contributed by atoms with E-state index < -0.39 is 10.0 Å². The minimum Gasteiger partial charge on any atom is -0.306 e. The van der Waals surface area contributed by atoms with Crippen LogP contribution in [0, 0.1) is 0 Å². The van der Waals surface area contributed by atoms with E-state index in [4.69, 9.17) is 0 Å². The molecule has 0 heterocycles. The lowest BCUT2D eigenvalue weighted by molar-refractivity contribution is 0.308. The normalized spacial score (nSPS) is 11.8. The highest BCUT2D eigenvalue weighted by molar-refractivity contribution is 7.88. The lowest BCUT2D eigenvalue weighted by Gasteiger charge is -2.23. The summed E-state index contributed by atoms with van der Waals surface area (Å²) in [5, 5.41) is 0. The van der Waals surface area contributed by atoms with Gasteiger partial charge >= 0.3 is 0 Å². The first-order chi connectivity index (χ1) is 11.4.